The number of aliphatic hydroxyl groups excluding tert-OH is 1. The van der Waals surface area contributed by atoms with Crippen LogP contribution < -0.4 is 0 Å². The van der Waals surface area contributed by atoms with Crippen molar-refractivity contribution < 1.29 is 24.5 Å². The van der Waals surface area contributed by atoms with Crippen molar-refractivity contribution in [3.05, 3.63) is 24.3 Å². The molecule has 0 amide bonds. The zero-order valence-electron chi connectivity index (χ0n) is 15.9. The van der Waals surface area contributed by atoms with Gasteiger partial charge >= 0.3 is 5.97 Å². The minimum absolute atomic E-state index is 0.139. The summed E-state index contributed by atoms with van der Waals surface area (Å²) < 4.78 is 12.0. The number of ether oxygens (including phenoxy) is 2. The SMILES string of the molecule is O=C(O)CCCC=CCC1[C@@H](C=CC(O)C2CCCCC2)[C@@H]2O[C@H]1[C@@H]1O[C@H]21. The molecule has 3 saturated heterocycles. The van der Waals surface area contributed by atoms with Gasteiger partial charge in [-0.3, -0.25) is 4.79 Å². The van der Waals surface area contributed by atoms with E-state index in [4.69, 9.17) is 14.6 Å². The van der Waals surface area contributed by atoms with Gasteiger partial charge in [0.25, 0.3) is 0 Å². The standard InChI is InChI=1S/C22H32O5/c23-17(14-8-4-3-5-9-14)13-12-16-15(10-6-1-2-7-11-18(24)25)19-21-22(27-21)20(16)26-19/h1,6,12-17,19-23H,2-5,7-11H2,(H,24,25)/t15?,16-,17?,19-,20+,21+,22-/m1/s1. The van der Waals surface area contributed by atoms with Gasteiger partial charge in [0, 0.05) is 18.3 Å². The Bertz CT molecular complexity index is 579. The van der Waals surface area contributed by atoms with E-state index in [0.717, 1.165) is 25.7 Å². The molecule has 5 heteroatoms. The largest absolute Gasteiger partial charge is 0.481 e. The average molecular weight is 376 g/mol. The first kappa shape index (κ1) is 19.2. The average Bonchev–Trinajstić information content (AvgIpc) is 3.30. The van der Waals surface area contributed by atoms with Gasteiger partial charge in [0.1, 0.15) is 12.2 Å². The zero-order chi connectivity index (χ0) is 18.8. The second-order valence-corrected chi connectivity index (χ2v) is 8.64. The lowest BCUT2D eigenvalue weighted by Gasteiger charge is -2.26. The van der Waals surface area contributed by atoms with Crippen molar-refractivity contribution in [1.82, 2.24) is 0 Å². The monoisotopic (exact) mass is 376 g/mol. The summed E-state index contributed by atoms with van der Waals surface area (Å²) in [6.07, 6.45) is 17.7. The van der Waals surface area contributed by atoms with Crippen LogP contribution in [0.3, 0.4) is 0 Å². The van der Waals surface area contributed by atoms with Crippen molar-refractivity contribution in [3.8, 4) is 0 Å². The van der Waals surface area contributed by atoms with Crippen LogP contribution in [-0.2, 0) is 14.3 Å². The van der Waals surface area contributed by atoms with Gasteiger partial charge < -0.3 is 19.7 Å². The summed E-state index contributed by atoms with van der Waals surface area (Å²) >= 11 is 0. The Labute approximate surface area is 161 Å². The molecule has 150 valence electrons. The number of carboxylic acids is 1. The van der Waals surface area contributed by atoms with Crippen molar-refractivity contribution in [2.24, 2.45) is 17.8 Å². The van der Waals surface area contributed by atoms with Gasteiger partial charge in [0.15, 0.2) is 0 Å². The van der Waals surface area contributed by atoms with Crippen LogP contribution in [0.15, 0.2) is 24.3 Å². The van der Waals surface area contributed by atoms with E-state index < -0.39 is 5.97 Å². The quantitative estimate of drug-likeness (QED) is 0.366. The third-order valence-corrected chi connectivity index (χ3v) is 6.82. The van der Waals surface area contributed by atoms with Gasteiger partial charge in [-0.15, -0.1) is 0 Å². The van der Waals surface area contributed by atoms with Gasteiger partial charge in [0.05, 0.1) is 18.3 Å². The number of aliphatic carboxylic acids is 1. The third-order valence-electron chi connectivity index (χ3n) is 6.82. The van der Waals surface area contributed by atoms with E-state index in [-0.39, 0.29) is 36.9 Å². The lowest BCUT2D eigenvalue weighted by molar-refractivity contribution is -0.137. The predicted octanol–water partition coefficient (Wildman–Crippen LogP) is 3.47. The van der Waals surface area contributed by atoms with Crippen molar-refractivity contribution in [2.75, 3.05) is 0 Å². The number of carbonyl (C=O) groups is 1. The molecule has 7 atom stereocenters. The molecule has 27 heavy (non-hydrogen) atoms. The first-order chi connectivity index (χ1) is 13.1. The lowest BCUT2D eigenvalue weighted by atomic mass is 9.76. The van der Waals surface area contributed by atoms with Crippen LogP contribution in [0.25, 0.3) is 0 Å². The van der Waals surface area contributed by atoms with E-state index in [0.29, 0.717) is 24.2 Å². The predicted molar refractivity (Wildman–Crippen MR) is 101 cm³/mol. The highest BCUT2D eigenvalue weighted by molar-refractivity contribution is 5.66. The Hall–Kier alpha value is -1.17. The molecule has 0 aromatic carbocycles. The summed E-state index contributed by atoms with van der Waals surface area (Å²) in [4.78, 5) is 10.6. The molecule has 0 spiro atoms. The normalized spacial score (nSPS) is 39.3. The van der Waals surface area contributed by atoms with Crippen LogP contribution >= 0.6 is 0 Å². The fourth-order valence-electron chi connectivity index (χ4n) is 5.28. The molecule has 1 aliphatic carbocycles. The third kappa shape index (κ3) is 4.30. The van der Waals surface area contributed by atoms with Crippen LogP contribution in [0.2, 0.25) is 0 Å². The Morgan fingerprint density at radius 1 is 1.04 bits per heavy atom. The molecule has 4 rings (SSSR count). The van der Waals surface area contributed by atoms with Crippen molar-refractivity contribution >= 4 is 5.97 Å². The Kier molecular flexibility index (Phi) is 6.00. The van der Waals surface area contributed by atoms with E-state index >= 15 is 0 Å². The highest BCUT2D eigenvalue weighted by Crippen LogP contribution is 2.55. The highest BCUT2D eigenvalue weighted by atomic mass is 16.7. The highest BCUT2D eigenvalue weighted by Gasteiger charge is 2.68. The van der Waals surface area contributed by atoms with Crippen LogP contribution in [-0.4, -0.2) is 46.7 Å². The van der Waals surface area contributed by atoms with Gasteiger partial charge in [-0.2, -0.15) is 0 Å². The minimum Gasteiger partial charge on any atom is -0.481 e. The number of carboxylic acid groups (broad SMARTS) is 1. The summed E-state index contributed by atoms with van der Waals surface area (Å²) in [7, 11) is 0. The molecule has 0 radical (unpaired) electrons. The molecule has 0 aromatic rings. The van der Waals surface area contributed by atoms with Crippen LogP contribution in [0.4, 0.5) is 0 Å². The molecule has 3 aliphatic heterocycles. The molecule has 1 saturated carbocycles. The van der Waals surface area contributed by atoms with Gasteiger partial charge in [-0.05, 0) is 38.0 Å². The van der Waals surface area contributed by atoms with E-state index in [1.165, 1.54) is 19.3 Å². The second-order valence-electron chi connectivity index (χ2n) is 8.64. The Morgan fingerprint density at radius 2 is 1.78 bits per heavy atom. The van der Waals surface area contributed by atoms with E-state index in [9.17, 15) is 9.90 Å². The number of allylic oxidation sites excluding steroid dienone is 2. The van der Waals surface area contributed by atoms with E-state index in [2.05, 4.69) is 18.2 Å². The summed E-state index contributed by atoms with van der Waals surface area (Å²) in [5, 5.41) is 19.3. The van der Waals surface area contributed by atoms with Crippen molar-refractivity contribution in [1.29, 1.82) is 0 Å². The molecule has 0 aromatic heterocycles. The van der Waals surface area contributed by atoms with E-state index in [1.807, 2.05) is 6.08 Å². The second kappa shape index (κ2) is 8.46. The molecular weight excluding hydrogens is 344 g/mol. The number of hydrogen-bond donors (Lipinski definition) is 2. The molecule has 5 nitrogen and oxygen atoms in total. The molecular formula is C22H32O5. The number of unbranched alkanes of at least 4 members (excludes halogenated alkanes) is 1. The van der Waals surface area contributed by atoms with Crippen molar-refractivity contribution in [3.63, 3.8) is 0 Å². The molecule has 2 bridgehead atoms. The van der Waals surface area contributed by atoms with Crippen LogP contribution in [0.5, 0.6) is 0 Å². The number of epoxide rings is 1. The number of hydrogen-bond acceptors (Lipinski definition) is 4. The lowest BCUT2D eigenvalue weighted by Crippen LogP contribution is -2.32. The fraction of sp³-hybridized carbons (Fsp3) is 0.773. The van der Waals surface area contributed by atoms with Gasteiger partial charge in [0.2, 0.25) is 0 Å². The minimum atomic E-state index is -0.733. The Balaban J connectivity index is 1.31. The molecule has 2 N–H and O–H groups in total. The summed E-state index contributed by atoms with van der Waals surface area (Å²) in [6, 6.07) is 0. The summed E-state index contributed by atoms with van der Waals surface area (Å²) in [6.45, 7) is 0. The maximum atomic E-state index is 10.6. The maximum Gasteiger partial charge on any atom is 0.303 e. The van der Waals surface area contributed by atoms with Gasteiger partial charge in [-0.25, -0.2) is 0 Å². The zero-order valence-corrected chi connectivity index (χ0v) is 15.9. The number of fused-ring (bicyclic) bond motifs is 5. The Morgan fingerprint density at radius 3 is 2.56 bits per heavy atom. The molecule has 4 aliphatic rings. The van der Waals surface area contributed by atoms with Crippen LogP contribution in [0.1, 0.15) is 57.8 Å². The topological polar surface area (TPSA) is 79.3 Å². The molecule has 4 fully saturated rings. The van der Waals surface area contributed by atoms with Crippen LogP contribution in [0, 0.1) is 17.8 Å². The summed E-state index contributed by atoms with van der Waals surface area (Å²) in [5.74, 6) is 0.375. The number of aliphatic hydroxyl groups is 1. The maximum absolute atomic E-state index is 10.6. The molecule has 3 heterocycles. The molecule has 2 unspecified atom stereocenters. The van der Waals surface area contributed by atoms with Gasteiger partial charge in [-0.1, -0.05) is 43.6 Å². The van der Waals surface area contributed by atoms with Crippen molar-refractivity contribution in [2.45, 2.75) is 88.3 Å². The fourth-order valence-corrected chi connectivity index (χ4v) is 5.28. The first-order valence-electron chi connectivity index (χ1n) is 10.7. The first-order valence-corrected chi connectivity index (χ1v) is 10.7. The number of rotatable bonds is 9. The smallest absolute Gasteiger partial charge is 0.303 e. The summed E-state index contributed by atoms with van der Waals surface area (Å²) in [5.41, 5.74) is 0. The van der Waals surface area contributed by atoms with E-state index in [1.54, 1.807) is 0 Å².